The normalized spacial score (nSPS) is 10.7. The first-order chi connectivity index (χ1) is 13.2. The second kappa shape index (κ2) is 8.94. The van der Waals surface area contributed by atoms with Gasteiger partial charge in [0.25, 0.3) is 15.9 Å². The molecule has 0 aliphatic rings. The van der Waals surface area contributed by atoms with Gasteiger partial charge in [-0.15, -0.1) is 0 Å². The van der Waals surface area contributed by atoms with Gasteiger partial charge < -0.3 is 14.4 Å². The SMILES string of the molecule is COc1cc(OC)nc(NC(=O)NS(=O)(=O)CN(C)C(=O)c2cccnc2)n1. The van der Waals surface area contributed by atoms with Crippen LogP contribution < -0.4 is 19.5 Å². The summed E-state index contributed by atoms with van der Waals surface area (Å²) in [5.41, 5.74) is 0.210. The lowest BCUT2D eigenvalue weighted by Gasteiger charge is -2.17. The molecule has 28 heavy (non-hydrogen) atoms. The first kappa shape index (κ1) is 20.8. The van der Waals surface area contributed by atoms with E-state index in [9.17, 15) is 18.0 Å². The lowest BCUT2D eigenvalue weighted by atomic mass is 10.2. The highest BCUT2D eigenvalue weighted by atomic mass is 32.2. The molecule has 0 atom stereocenters. The highest BCUT2D eigenvalue weighted by Gasteiger charge is 2.22. The minimum absolute atomic E-state index is 0.104. The van der Waals surface area contributed by atoms with Crippen LogP contribution in [-0.4, -0.2) is 67.4 Å². The second-order valence-corrected chi connectivity index (χ2v) is 7.01. The number of hydrogen-bond donors (Lipinski definition) is 2. The number of nitrogens with zero attached hydrogens (tertiary/aromatic N) is 4. The van der Waals surface area contributed by atoms with Crippen LogP contribution in [0, 0.1) is 0 Å². The molecule has 13 heteroatoms. The Morgan fingerprint density at radius 3 is 2.36 bits per heavy atom. The zero-order valence-corrected chi connectivity index (χ0v) is 16.1. The van der Waals surface area contributed by atoms with Gasteiger partial charge in [0.1, 0.15) is 5.88 Å². The van der Waals surface area contributed by atoms with Gasteiger partial charge in [-0.05, 0) is 12.1 Å². The Morgan fingerprint density at radius 2 is 1.82 bits per heavy atom. The number of carbonyl (C=O) groups is 2. The average molecular weight is 410 g/mol. The first-order valence-electron chi connectivity index (χ1n) is 7.68. The summed E-state index contributed by atoms with van der Waals surface area (Å²) >= 11 is 0. The molecule has 2 heterocycles. The fourth-order valence-corrected chi connectivity index (χ4v) is 3.02. The van der Waals surface area contributed by atoms with Gasteiger partial charge in [0.2, 0.25) is 17.7 Å². The maximum atomic E-state index is 12.2. The van der Waals surface area contributed by atoms with Gasteiger partial charge in [0, 0.05) is 19.4 Å². The van der Waals surface area contributed by atoms with E-state index in [2.05, 4.69) is 20.3 Å². The molecule has 0 fully saturated rings. The predicted molar refractivity (Wildman–Crippen MR) is 97.4 cm³/mol. The number of aromatic nitrogens is 3. The number of hydrogen-bond acceptors (Lipinski definition) is 9. The number of sulfonamides is 1. The Balaban J connectivity index is 2.01. The molecule has 2 rings (SSSR count). The average Bonchev–Trinajstić information content (AvgIpc) is 2.66. The number of amides is 3. The van der Waals surface area contributed by atoms with Crippen molar-refractivity contribution in [1.29, 1.82) is 0 Å². The van der Waals surface area contributed by atoms with E-state index in [0.29, 0.717) is 0 Å². The van der Waals surface area contributed by atoms with Crippen molar-refractivity contribution in [3.8, 4) is 11.8 Å². The molecule has 2 N–H and O–H groups in total. The molecule has 0 radical (unpaired) electrons. The van der Waals surface area contributed by atoms with Crippen molar-refractivity contribution < 1.29 is 27.5 Å². The van der Waals surface area contributed by atoms with Crippen molar-refractivity contribution >= 4 is 27.9 Å². The monoisotopic (exact) mass is 410 g/mol. The predicted octanol–water partition coefficient (Wildman–Crippen LogP) is 0.0698. The number of ether oxygens (including phenoxy) is 2. The number of nitrogens with one attached hydrogen (secondary N) is 2. The molecule has 12 nitrogen and oxygen atoms in total. The van der Waals surface area contributed by atoms with E-state index in [1.54, 1.807) is 10.8 Å². The standard InChI is InChI=1S/C15H18N6O6S/c1-21(13(22)10-5-4-6-16-8-10)9-28(24,25)20-15(23)19-14-17-11(26-2)7-12(18-14)27-3/h4-8H,9H2,1-3H3,(H2,17,18,19,20,23). The molecule has 0 saturated carbocycles. The fourth-order valence-electron chi connectivity index (χ4n) is 1.99. The molecule has 0 aliphatic carbocycles. The lowest BCUT2D eigenvalue weighted by Crippen LogP contribution is -2.42. The van der Waals surface area contributed by atoms with E-state index in [4.69, 9.17) is 9.47 Å². The topological polar surface area (TPSA) is 153 Å². The van der Waals surface area contributed by atoms with Gasteiger partial charge in [-0.3, -0.25) is 15.1 Å². The molecule has 2 aromatic heterocycles. The molecule has 0 saturated heterocycles. The van der Waals surface area contributed by atoms with Crippen LogP contribution in [0.4, 0.5) is 10.7 Å². The van der Waals surface area contributed by atoms with Crippen molar-refractivity contribution in [2.24, 2.45) is 0 Å². The molecule has 0 aromatic carbocycles. The van der Waals surface area contributed by atoms with Crippen LogP contribution in [0.2, 0.25) is 0 Å². The quantitative estimate of drug-likeness (QED) is 0.645. The summed E-state index contributed by atoms with van der Waals surface area (Å²) in [5, 5.41) is 2.16. The zero-order valence-electron chi connectivity index (χ0n) is 15.2. The Morgan fingerprint density at radius 1 is 1.18 bits per heavy atom. The van der Waals surface area contributed by atoms with Gasteiger partial charge >= 0.3 is 6.03 Å². The third-order valence-electron chi connectivity index (χ3n) is 3.19. The van der Waals surface area contributed by atoms with Crippen molar-refractivity contribution in [3.05, 3.63) is 36.2 Å². The number of rotatable bonds is 7. The zero-order chi connectivity index (χ0) is 20.7. The third kappa shape index (κ3) is 5.77. The second-order valence-electron chi connectivity index (χ2n) is 5.32. The molecule has 0 spiro atoms. The molecule has 2 aromatic rings. The van der Waals surface area contributed by atoms with Gasteiger partial charge in [-0.1, -0.05) is 0 Å². The van der Waals surface area contributed by atoms with Crippen molar-refractivity contribution in [1.82, 2.24) is 24.6 Å². The number of pyridine rings is 1. The molecule has 0 bridgehead atoms. The third-order valence-corrected chi connectivity index (χ3v) is 4.41. The highest BCUT2D eigenvalue weighted by Crippen LogP contribution is 2.17. The number of carbonyl (C=O) groups excluding carboxylic acids is 2. The van der Waals surface area contributed by atoms with E-state index < -0.39 is 27.8 Å². The number of anilines is 1. The van der Waals surface area contributed by atoms with Crippen LogP contribution in [0.25, 0.3) is 0 Å². The van der Waals surface area contributed by atoms with Crippen LogP contribution in [0.1, 0.15) is 10.4 Å². The summed E-state index contributed by atoms with van der Waals surface area (Å²) in [6.07, 6.45) is 2.79. The van der Waals surface area contributed by atoms with Crippen LogP contribution in [0.5, 0.6) is 11.8 Å². The van der Waals surface area contributed by atoms with E-state index in [-0.39, 0.29) is 23.3 Å². The van der Waals surface area contributed by atoms with E-state index in [1.165, 1.54) is 45.8 Å². The van der Waals surface area contributed by atoms with Gasteiger partial charge in [-0.2, -0.15) is 9.97 Å². The fraction of sp³-hybridized carbons (Fsp3) is 0.267. The minimum atomic E-state index is -4.18. The maximum Gasteiger partial charge on any atom is 0.335 e. The number of methoxy groups -OCH3 is 2. The minimum Gasteiger partial charge on any atom is -0.481 e. The van der Waals surface area contributed by atoms with Crippen LogP contribution >= 0.6 is 0 Å². The largest absolute Gasteiger partial charge is 0.481 e. The van der Waals surface area contributed by atoms with Crippen molar-refractivity contribution in [2.45, 2.75) is 0 Å². The van der Waals surface area contributed by atoms with Crippen LogP contribution in [-0.2, 0) is 10.0 Å². The Labute approximate surface area is 161 Å². The summed E-state index contributed by atoms with van der Waals surface area (Å²) in [5.74, 6) is -1.35. The summed E-state index contributed by atoms with van der Waals surface area (Å²) in [7, 11) is -0.195. The molecule has 150 valence electrons. The van der Waals surface area contributed by atoms with Gasteiger partial charge in [0.15, 0.2) is 0 Å². The molecule has 3 amide bonds. The van der Waals surface area contributed by atoms with Gasteiger partial charge in [0.05, 0.1) is 25.8 Å². The summed E-state index contributed by atoms with van der Waals surface area (Å²) < 4.78 is 35.9. The summed E-state index contributed by atoms with van der Waals surface area (Å²) in [6, 6.07) is 3.30. The molecule has 0 aliphatic heterocycles. The Hall–Kier alpha value is -3.48. The van der Waals surface area contributed by atoms with E-state index in [1.807, 2.05) is 0 Å². The number of urea groups is 1. The van der Waals surface area contributed by atoms with Crippen LogP contribution in [0.3, 0.4) is 0 Å². The summed E-state index contributed by atoms with van der Waals surface area (Å²) in [6.45, 7) is 0. The van der Waals surface area contributed by atoms with E-state index in [0.717, 1.165) is 4.90 Å². The highest BCUT2D eigenvalue weighted by molar-refractivity contribution is 7.90. The van der Waals surface area contributed by atoms with E-state index >= 15 is 0 Å². The summed E-state index contributed by atoms with van der Waals surface area (Å²) in [4.78, 5) is 36.6. The smallest absolute Gasteiger partial charge is 0.335 e. The van der Waals surface area contributed by atoms with Crippen molar-refractivity contribution in [2.75, 3.05) is 32.5 Å². The van der Waals surface area contributed by atoms with Crippen LogP contribution in [0.15, 0.2) is 30.6 Å². The van der Waals surface area contributed by atoms with Crippen molar-refractivity contribution in [3.63, 3.8) is 0 Å². The Kier molecular flexibility index (Phi) is 6.65. The van der Waals surface area contributed by atoms with Gasteiger partial charge in [-0.25, -0.2) is 17.9 Å². The molecule has 0 unspecified atom stereocenters. The molecular formula is C15H18N6O6S. The molecular weight excluding hydrogens is 392 g/mol. The first-order valence-corrected chi connectivity index (χ1v) is 9.33. The lowest BCUT2D eigenvalue weighted by molar-refractivity contribution is 0.0816. The maximum absolute atomic E-state index is 12.2. The Bertz CT molecular complexity index is 930.